The molecule has 1 heterocycles. The molecule has 0 aromatic carbocycles. The second-order valence-electron chi connectivity index (χ2n) is 4.09. The maximum Gasteiger partial charge on any atom is 0.422 e. The van der Waals surface area contributed by atoms with Crippen LogP contribution >= 0.6 is 0 Å². The van der Waals surface area contributed by atoms with Gasteiger partial charge in [-0.3, -0.25) is 0 Å². The molecule has 1 saturated carbocycles. The van der Waals surface area contributed by atoms with Gasteiger partial charge < -0.3 is 9.84 Å². The van der Waals surface area contributed by atoms with Crippen molar-refractivity contribution in [3.05, 3.63) is 23.4 Å². The van der Waals surface area contributed by atoms with E-state index in [2.05, 4.69) is 9.72 Å². The SMILES string of the molecule is O=C(O)c1cnc(OCC(F)(F)F)cc1C1CC1. The van der Waals surface area contributed by atoms with E-state index in [-0.39, 0.29) is 17.4 Å². The van der Waals surface area contributed by atoms with Crippen LogP contribution in [0, 0.1) is 0 Å². The van der Waals surface area contributed by atoms with Crippen molar-refractivity contribution in [2.75, 3.05) is 6.61 Å². The van der Waals surface area contributed by atoms with Crippen molar-refractivity contribution in [2.45, 2.75) is 24.9 Å². The highest BCUT2D eigenvalue weighted by Gasteiger charge is 2.31. The summed E-state index contributed by atoms with van der Waals surface area (Å²) in [7, 11) is 0. The molecule has 1 aliphatic rings. The van der Waals surface area contributed by atoms with Crippen molar-refractivity contribution < 1.29 is 27.8 Å². The first-order chi connectivity index (χ1) is 8.37. The minimum Gasteiger partial charge on any atom is -0.478 e. The molecule has 7 heteroatoms. The Morgan fingerprint density at radius 2 is 2.17 bits per heavy atom. The first kappa shape index (κ1) is 12.7. The van der Waals surface area contributed by atoms with Crippen LogP contribution in [0.25, 0.3) is 0 Å². The Bertz CT molecular complexity index is 469. The number of aromatic carboxylic acids is 1. The van der Waals surface area contributed by atoms with Gasteiger partial charge in [0.1, 0.15) is 0 Å². The minimum atomic E-state index is -4.44. The predicted octanol–water partition coefficient (Wildman–Crippen LogP) is 2.60. The smallest absolute Gasteiger partial charge is 0.422 e. The van der Waals surface area contributed by atoms with Gasteiger partial charge in [0.15, 0.2) is 6.61 Å². The van der Waals surface area contributed by atoms with Gasteiger partial charge in [0, 0.05) is 12.3 Å². The van der Waals surface area contributed by atoms with E-state index >= 15 is 0 Å². The van der Waals surface area contributed by atoms with E-state index in [1.165, 1.54) is 6.07 Å². The van der Waals surface area contributed by atoms with E-state index < -0.39 is 18.8 Å². The number of carboxylic acids is 1. The molecule has 1 fully saturated rings. The van der Waals surface area contributed by atoms with Crippen molar-refractivity contribution in [3.63, 3.8) is 0 Å². The third-order valence-electron chi connectivity index (χ3n) is 2.54. The van der Waals surface area contributed by atoms with Crippen LogP contribution in [0.1, 0.15) is 34.7 Å². The second kappa shape index (κ2) is 4.47. The molecule has 1 aromatic heterocycles. The lowest BCUT2D eigenvalue weighted by atomic mass is 10.1. The number of nitrogens with zero attached hydrogens (tertiary/aromatic N) is 1. The summed E-state index contributed by atoms with van der Waals surface area (Å²) in [5, 5.41) is 8.93. The molecule has 98 valence electrons. The molecule has 1 N–H and O–H groups in total. The molecule has 0 unspecified atom stereocenters. The zero-order chi connectivity index (χ0) is 13.3. The highest BCUT2D eigenvalue weighted by molar-refractivity contribution is 5.89. The summed E-state index contributed by atoms with van der Waals surface area (Å²) in [5.41, 5.74) is 0.520. The zero-order valence-electron chi connectivity index (χ0n) is 9.20. The Kier molecular flexibility index (Phi) is 3.14. The van der Waals surface area contributed by atoms with Crippen molar-refractivity contribution >= 4 is 5.97 Å². The molecule has 0 radical (unpaired) electrons. The quantitative estimate of drug-likeness (QED) is 0.905. The van der Waals surface area contributed by atoms with Gasteiger partial charge in [-0.1, -0.05) is 0 Å². The van der Waals surface area contributed by atoms with Gasteiger partial charge in [-0.2, -0.15) is 13.2 Å². The lowest BCUT2D eigenvalue weighted by Crippen LogP contribution is -2.20. The number of carbonyl (C=O) groups is 1. The lowest BCUT2D eigenvalue weighted by molar-refractivity contribution is -0.154. The van der Waals surface area contributed by atoms with E-state index in [0.717, 1.165) is 19.0 Å². The molecule has 0 bridgehead atoms. The minimum absolute atomic E-state index is 0.0249. The monoisotopic (exact) mass is 261 g/mol. The first-order valence-electron chi connectivity index (χ1n) is 5.29. The lowest BCUT2D eigenvalue weighted by Gasteiger charge is -2.10. The van der Waals surface area contributed by atoms with Crippen LogP contribution in [0.5, 0.6) is 5.88 Å². The van der Waals surface area contributed by atoms with Gasteiger partial charge in [0.05, 0.1) is 5.56 Å². The number of alkyl halides is 3. The highest BCUT2D eigenvalue weighted by atomic mass is 19.4. The maximum absolute atomic E-state index is 12.0. The largest absolute Gasteiger partial charge is 0.478 e. The van der Waals surface area contributed by atoms with Gasteiger partial charge in [-0.15, -0.1) is 0 Å². The van der Waals surface area contributed by atoms with Crippen molar-refractivity contribution in [3.8, 4) is 5.88 Å². The molecule has 0 spiro atoms. The van der Waals surface area contributed by atoms with E-state index in [0.29, 0.717) is 5.56 Å². The average molecular weight is 261 g/mol. The second-order valence-corrected chi connectivity index (χ2v) is 4.09. The summed E-state index contributed by atoms with van der Waals surface area (Å²) in [5.74, 6) is -1.24. The normalized spacial score (nSPS) is 15.5. The third kappa shape index (κ3) is 3.12. The fourth-order valence-corrected chi connectivity index (χ4v) is 1.60. The molecule has 2 rings (SSSR count). The molecule has 0 atom stereocenters. The van der Waals surface area contributed by atoms with E-state index in [9.17, 15) is 18.0 Å². The number of pyridine rings is 1. The topological polar surface area (TPSA) is 59.4 Å². The van der Waals surface area contributed by atoms with Crippen LogP contribution in [0.4, 0.5) is 13.2 Å². The first-order valence-corrected chi connectivity index (χ1v) is 5.29. The number of aromatic nitrogens is 1. The summed E-state index contributed by atoms with van der Waals surface area (Å²) in [6.07, 6.45) is -1.72. The van der Waals surface area contributed by atoms with Gasteiger partial charge in [-0.05, 0) is 24.3 Å². The van der Waals surface area contributed by atoms with Gasteiger partial charge >= 0.3 is 12.1 Å². The van der Waals surface area contributed by atoms with Crippen molar-refractivity contribution in [1.82, 2.24) is 4.98 Å². The number of ether oxygens (including phenoxy) is 1. The average Bonchev–Trinajstić information content (AvgIpc) is 3.08. The third-order valence-corrected chi connectivity index (χ3v) is 2.54. The molecule has 0 saturated heterocycles. The fourth-order valence-electron chi connectivity index (χ4n) is 1.60. The number of hydrogen-bond acceptors (Lipinski definition) is 3. The Hall–Kier alpha value is -1.79. The predicted molar refractivity (Wildman–Crippen MR) is 54.7 cm³/mol. The van der Waals surface area contributed by atoms with E-state index in [4.69, 9.17) is 5.11 Å². The van der Waals surface area contributed by atoms with Gasteiger partial charge in [0.25, 0.3) is 0 Å². The summed E-state index contributed by atoms with van der Waals surface area (Å²) in [4.78, 5) is 14.5. The number of halogens is 3. The molecular formula is C11H10F3NO3. The van der Waals surface area contributed by atoms with Crippen molar-refractivity contribution in [1.29, 1.82) is 0 Å². The molecule has 0 aliphatic heterocycles. The van der Waals surface area contributed by atoms with Crippen LogP contribution in [0.3, 0.4) is 0 Å². The van der Waals surface area contributed by atoms with Crippen LogP contribution in [-0.2, 0) is 0 Å². The summed E-state index contributed by atoms with van der Waals surface area (Å²) in [6, 6.07) is 1.28. The van der Waals surface area contributed by atoms with Crippen LogP contribution in [0.2, 0.25) is 0 Å². The summed E-state index contributed by atoms with van der Waals surface area (Å²) in [6.45, 7) is -1.43. The van der Waals surface area contributed by atoms with Crippen molar-refractivity contribution in [2.24, 2.45) is 0 Å². The number of rotatable bonds is 4. The molecule has 18 heavy (non-hydrogen) atoms. The highest BCUT2D eigenvalue weighted by Crippen LogP contribution is 2.42. The molecule has 4 nitrogen and oxygen atoms in total. The number of carboxylic acid groups (broad SMARTS) is 1. The van der Waals surface area contributed by atoms with Crippen LogP contribution in [-0.4, -0.2) is 28.8 Å². The van der Waals surface area contributed by atoms with Crippen LogP contribution in [0.15, 0.2) is 12.3 Å². The van der Waals surface area contributed by atoms with Gasteiger partial charge in [0.2, 0.25) is 5.88 Å². The summed E-state index contributed by atoms with van der Waals surface area (Å²) >= 11 is 0. The standard InChI is InChI=1S/C11H10F3NO3/c12-11(13,14)5-18-9-3-7(6-1-2-6)8(4-15-9)10(16)17/h3-4,6H,1-2,5H2,(H,16,17). The molecule has 1 aromatic rings. The van der Waals surface area contributed by atoms with E-state index in [1.54, 1.807) is 0 Å². The van der Waals surface area contributed by atoms with Crippen LogP contribution < -0.4 is 4.74 Å². The maximum atomic E-state index is 12.0. The molecule has 0 amide bonds. The Balaban J connectivity index is 2.18. The molecular weight excluding hydrogens is 251 g/mol. The zero-order valence-corrected chi connectivity index (χ0v) is 9.20. The van der Waals surface area contributed by atoms with Gasteiger partial charge in [-0.25, -0.2) is 9.78 Å². The fraction of sp³-hybridized carbons (Fsp3) is 0.455. The Labute approximate surface area is 100 Å². The Morgan fingerprint density at radius 1 is 1.50 bits per heavy atom. The summed E-state index contributed by atoms with van der Waals surface area (Å²) < 4.78 is 40.4. The number of hydrogen-bond donors (Lipinski definition) is 1. The van der Waals surface area contributed by atoms with E-state index in [1.807, 2.05) is 0 Å². The molecule has 1 aliphatic carbocycles. The Morgan fingerprint density at radius 3 is 2.67 bits per heavy atom.